The van der Waals surface area contributed by atoms with E-state index in [4.69, 9.17) is 16.3 Å². The van der Waals surface area contributed by atoms with Crippen LogP contribution in [0.15, 0.2) is 24.3 Å². The molecule has 1 aliphatic heterocycles. The molecule has 1 aliphatic carbocycles. The lowest BCUT2D eigenvalue weighted by Gasteiger charge is -2.32. The predicted octanol–water partition coefficient (Wildman–Crippen LogP) is 3.88. The van der Waals surface area contributed by atoms with E-state index < -0.39 is 0 Å². The van der Waals surface area contributed by atoms with Crippen LogP contribution in [0.2, 0.25) is 5.02 Å². The molecule has 31 heavy (non-hydrogen) atoms. The number of fused-ring (bicyclic) bond motifs is 1. The van der Waals surface area contributed by atoms with Crippen LogP contribution in [-0.4, -0.2) is 47.4 Å². The Balaban J connectivity index is 1.38. The van der Waals surface area contributed by atoms with E-state index in [9.17, 15) is 14.4 Å². The summed E-state index contributed by atoms with van der Waals surface area (Å²) in [6, 6.07) is 6.65. The number of benzene rings is 1. The minimum absolute atomic E-state index is 0.0573. The molecular formula is C22H24ClN3O4S. The third kappa shape index (κ3) is 4.75. The number of halogens is 1. The molecule has 1 aromatic heterocycles. The van der Waals surface area contributed by atoms with Crippen molar-refractivity contribution in [3.8, 4) is 0 Å². The molecule has 2 amide bonds. The van der Waals surface area contributed by atoms with E-state index in [1.165, 1.54) is 11.3 Å². The summed E-state index contributed by atoms with van der Waals surface area (Å²) in [5.74, 6) is -0.781. The Morgan fingerprint density at radius 2 is 1.90 bits per heavy atom. The van der Waals surface area contributed by atoms with Crippen LogP contribution in [-0.2, 0) is 20.7 Å². The number of piperidine rings is 1. The van der Waals surface area contributed by atoms with E-state index in [0.717, 1.165) is 23.4 Å². The molecule has 4 rings (SSSR count). The van der Waals surface area contributed by atoms with E-state index in [-0.39, 0.29) is 29.6 Å². The fourth-order valence-electron chi connectivity index (χ4n) is 4.11. The highest BCUT2D eigenvalue weighted by atomic mass is 35.5. The number of hydrogen-bond donors (Lipinski definition) is 1. The van der Waals surface area contributed by atoms with Gasteiger partial charge in [0.05, 0.1) is 24.1 Å². The molecule has 1 aromatic carbocycles. The highest BCUT2D eigenvalue weighted by Gasteiger charge is 2.37. The van der Waals surface area contributed by atoms with Crippen LogP contribution in [0.3, 0.4) is 0 Å². The topological polar surface area (TPSA) is 88.6 Å². The van der Waals surface area contributed by atoms with Gasteiger partial charge in [-0.2, -0.15) is 0 Å². The van der Waals surface area contributed by atoms with Gasteiger partial charge >= 0.3 is 5.97 Å². The van der Waals surface area contributed by atoms with Crippen molar-refractivity contribution in [1.29, 1.82) is 0 Å². The Morgan fingerprint density at radius 1 is 1.19 bits per heavy atom. The number of likely N-dealkylation sites (tertiary alicyclic amines) is 1. The smallest absolute Gasteiger partial charge is 0.309 e. The summed E-state index contributed by atoms with van der Waals surface area (Å²) in [5.41, 5.74) is 1.27. The highest BCUT2D eigenvalue weighted by Crippen LogP contribution is 2.40. The molecule has 2 aliphatic rings. The quantitative estimate of drug-likeness (QED) is 0.682. The van der Waals surface area contributed by atoms with Crippen LogP contribution in [0, 0.1) is 5.92 Å². The second-order valence-electron chi connectivity index (χ2n) is 7.73. The minimum Gasteiger partial charge on any atom is -0.466 e. The maximum Gasteiger partial charge on any atom is 0.309 e. The van der Waals surface area contributed by atoms with Gasteiger partial charge in [0.1, 0.15) is 0 Å². The second kappa shape index (κ2) is 9.36. The monoisotopic (exact) mass is 461 g/mol. The molecule has 0 radical (unpaired) electrons. The minimum atomic E-state index is -0.286. The van der Waals surface area contributed by atoms with Gasteiger partial charge in [0.15, 0.2) is 5.13 Å². The van der Waals surface area contributed by atoms with Gasteiger partial charge in [0.2, 0.25) is 5.91 Å². The molecule has 1 N–H and O–H groups in total. The van der Waals surface area contributed by atoms with Crippen molar-refractivity contribution in [2.45, 2.75) is 38.5 Å². The van der Waals surface area contributed by atoms with Gasteiger partial charge in [-0.3, -0.25) is 19.7 Å². The molecule has 7 nitrogen and oxygen atoms in total. The Kier molecular flexibility index (Phi) is 6.57. The Morgan fingerprint density at radius 3 is 2.58 bits per heavy atom. The lowest BCUT2D eigenvalue weighted by Crippen LogP contribution is -2.42. The van der Waals surface area contributed by atoms with Crippen LogP contribution < -0.4 is 5.32 Å². The van der Waals surface area contributed by atoms with Crippen molar-refractivity contribution in [1.82, 2.24) is 9.88 Å². The number of thiazole rings is 1. The van der Waals surface area contributed by atoms with Crippen LogP contribution in [0.25, 0.3) is 0 Å². The zero-order valence-corrected chi connectivity index (χ0v) is 18.8. The van der Waals surface area contributed by atoms with Crippen molar-refractivity contribution >= 4 is 45.9 Å². The van der Waals surface area contributed by atoms with Gasteiger partial charge in [-0.15, -0.1) is 11.3 Å². The third-order valence-electron chi connectivity index (χ3n) is 5.77. The summed E-state index contributed by atoms with van der Waals surface area (Å²) in [4.78, 5) is 45.0. The summed E-state index contributed by atoms with van der Waals surface area (Å²) >= 11 is 7.30. The second-order valence-corrected chi connectivity index (χ2v) is 9.25. The van der Waals surface area contributed by atoms with E-state index in [0.29, 0.717) is 48.3 Å². The maximum atomic E-state index is 13.1. The number of anilines is 1. The first-order chi connectivity index (χ1) is 15.0. The summed E-state index contributed by atoms with van der Waals surface area (Å²) in [7, 11) is 0. The molecule has 0 spiro atoms. The van der Waals surface area contributed by atoms with E-state index in [2.05, 4.69) is 10.3 Å². The lowest BCUT2D eigenvalue weighted by molar-refractivity contribution is -0.151. The average Bonchev–Trinajstić information content (AvgIpc) is 3.34. The molecule has 1 unspecified atom stereocenters. The van der Waals surface area contributed by atoms with Crippen LogP contribution in [0.5, 0.6) is 0 Å². The Hall–Kier alpha value is -2.45. The highest BCUT2D eigenvalue weighted by molar-refractivity contribution is 7.16. The number of ether oxygens (including phenoxy) is 1. The van der Waals surface area contributed by atoms with Crippen LogP contribution >= 0.6 is 22.9 Å². The fraction of sp³-hybridized carbons (Fsp3) is 0.455. The fourth-order valence-corrected chi connectivity index (χ4v) is 5.27. The first-order valence-electron chi connectivity index (χ1n) is 10.5. The van der Waals surface area contributed by atoms with Crippen molar-refractivity contribution in [2.75, 3.05) is 25.0 Å². The third-order valence-corrected chi connectivity index (χ3v) is 7.07. The van der Waals surface area contributed by atoms with E-state index in [1.54, 1.807) is 31.2 Å². The van der Waals surface area contributed by atoms with Crippen molar-refractivity contribution in [2.24, 2.45) is 5.92 Å². The molecule has 0 bridgehead atoms. The van der Waals surface area contributed by atoms with Crippen molar-refractivity contribution in [3.05, 3.63) is 45.4 Å². The SMILES string of the molecule is CCOC(=O)C1CCN(C(=O)C2CCc3sc(NC(=O)c4ccc(Cl)cc4)nc32)CC1. The van der Waals surface area contributed by atoms with E-state index in [1.807, 2.05) is 4.90 Å². The number of amides is 2. The number of aromatic nitrogens is 1. The summed E-state index contributed by atoms with van der Waals surface area (Å²) < 4.78 is 5.10. The molecular weight excluding hydrogens is 438 g/mol. The van der Waals surface area contributed by atoms with Gasteiger partial charge in [0, 0.05) is 28.6 Å². The lowest BCUT2D eigenvalue weighted by atomic mass is 9.95. The number of rotatable bonds is 5. The summed E-state index contributed by atoms with van der Waals surface area (Å²) in [5, 5.41) is 3.90. The number of aryl methyl sites for hydroxylation is 1. The van der Waals surface area contributed by atoms with E-state index >= 15 is 0 Å². The number of nitrogens with zero attached hydrogens (tertiary/aromatic N) is 2. The number of nitrogens with one attached hydrogen (secondary N) is 1. The van der Waals surface area contributed by atoms with Gasteiger partial charge in [-0.05, 0) is 56.9 Å². The Labute approximate surface area is 189 Å². The zero-order chi connectivity index (χ0) is 22.0. The molecule has 9 heteroatoms. The standard InChI is InChI=1S/C22H24ClN3O4S/c1-2-30-21(29)14-9-11-26(12-10-14)20(28)16-7-8-17-18(16)24-22(31-17)25-19(27)13-3-5-15(23)6-4-13/h3-6,14,16H,2,7-12H2,1H3,(H,24,25,27). The van der Waals surface area contributed by atoms with Gasteiger partial charge < -0.3 is 9.64 Å². The predicted molar refractivity (Wildman–Crippen MR) is 119 cm³/mol. The molecule has 1 saturated heterocycles. The number of carbonyl (C=O) groups is 3. The first-order valence-corrected chi connectivity index (χ1v) is 11.7. The largest absolute Gasteiger partial charge is 0.466 e. The van der Waals surface area contributed by atoms with Crippen LogP contribution in [0.4, 0.5) is 5.13 Å². The average molecular weight is 462 g/mol. The molecule has 1 atom stereocenters. The first kappa shape index (κ1) is 21.8. The van der Waals surface area contributed by atoms with Crippen molar-refractivity contribution < 1.29 is 19.1 Å². The summed E-state index contributed by atoms with van der Waals surface area (Å²) in [6.45, 7) is 3.29. The number of hydrogen-bond acceptors (Lipinski definition) is 6. The summed E-state index contributed by atoms with van der Waals surface area (Å²) in [6.07, 6.45) is 2.77. The molecule has 0 saturated carbocycles. The zero-order valence-electron chi connectivity index (χ0n) is 17.2. The molecule has 2 aromatic rings. The molecule has 2 heterocycles. The van der Waals surface area contributed by atoms with Crippen LogP contribution in [0.1, 0.15) is 53.0 Å². The molecule has 1 fully saturated rings. The molecule has 164 valence electrons. The van der Waals surface area contributed by atoms with Gasteiger partial charge in [-0.1, -0.05) is 11.6 Å². The Bertz CT molecular complexity index is 983. The maximum absolute atomic E-state index is 13.1. The number of esters is 1. The normalized spacial score (nSPS) is 18.5. The van der Waals surface area contributed by atoms with Crippen molar-refractivity contribution in [3.63, 3.8) is 0 Å². The van der Waals surface area contributed by atoms with Gasteiger partial charge in [-0.25, -0.2) is 4.98 Å². The van der Waals surface area contributed by atoms with Gasteiger partial charge in [0.25, 0.3) is 5.91 Å². The number of carbonyl (C=O) groups excluding carboxylic acids is 3.